The van der Waals surface area contributed by atoms with E-state index >= 15 is 0 Å². The zero-order chi connectivity index (χ0) is 40.0. The maximum Gasteiger partial charge on any atom is 4.00 e. The number of hydrogen-bond acceptors (Lipinski definition) is 0. The monoisotopic (exact) mass is 964 g/mol. The fraction of sp³-hybridized carbons (Fsp3) is 0.511. The smallest absolute Gasteiger partial charge is 1.00 e. The Kier molecular flexibility index (Phi) is 18.4. The first-order valence-electron chi connectivity index (χ1n) is 20.0. The molecule has 0 N–H and O–H groups in total. The van der Waals surface area contributed by atoms with Gasteiger partial charge in [-0.15, -0.1) is 6.92 Å². The molecule has 11 heteroatoms. The third-order valence-electron chi connectivity index (χ3n) is 12.1. The van der Waals surface area contributed by atoms with Crippen molar-refractivity contribution < 1.29 is 58.9 Å². The zero-order valence-electron chi connectivity index (χ0n) is 39.3. The quantitative estimate of drug-likeness (QED) is 0.144. The van der Waals surface area contributed by atoms with Crippen molar-refractivity contribution in [2.75, 3.05) is 0 Å². The summed E-state index contributed by atoms with van der Waals surface area (Å²) in [7, 11) is -14.0. The van der Waals surface area contributed by atoms with Crippen molar-refractivity contribution in [3.8, 4) is 0 Å². The Bertz CT molecular complexity index is 1760. The van der Waals surface area contributed by atoms with Crippen LogP contribution in [-0.2, 0) is 21.7 Å². The van der Waals surface area contributed by atoms with Crippen molar-refractivity contribution in [2.24, 2.45) is 0 Å². The van der Waals surface area contributed by atoms with Crippen LogP contribution in [0.4, 0.5) is 0 Å². The number of benzene rings is 3. The van der Waals surface area contributed by atoms with E-state index in [-0.39, 0.29) is 64.0 Å². The second kappa shape index (κ2) is 18.3. The topological polar surface area (TPSA) is 0 Å². The van der Waals surface area contributed by atoms with E-state index in [1.807, 2.05) is 0 Å². The Balaban J connectivity index is 0.00000756. The molecular formula is C45H75Cl3Si7Ti. The average Bonchev–Trinajstić information content (AvgIpc) is 3.16. The van der Waals surface area contributed by atoms with Gasteiger partial charge in [-0.05, 0) is 0 Å². The number of allylic oxidation sites excluding steroid dienone is 4. The van der Waals surface area contributed by atoms with Crippen LogP contribution >= 0.6 is 0 Å². The summed E-state index contributed by atoms with van der Waals surface area (Å²) in [6.07, 6.45) is 4.46. The van der Waals surface area contributed by atoms with Gasteiger partial charge in [0.25, 0.3) is 0 Å². The second-order valence-electron chi connectivity index (χ2n) is 22.6. The second-order valence-corrected chi connectivity index (χ2v) is 56.8. The molecule has 0 fully saturated rings. The maximum absolute atomic E-state index is 4.46. The van der Waals surface area contributed by atoms with Crippen LogP contribution in [0.2, 0.25) is 123 Å². The molecule has 0 aliphatic heterocycles. The third-order valence-corrected chi connectivity index (χ3v) is 31.5. The van der Waals surface area contributed by atoms with E-state index in [0.717, 1.165) is 0 Å². The molecule has 1 unspecified atom stereocenters. The minimum Gasteiger partial charge on any atom is -1.00 e. The summed E-state index contributed by atoms with van der Waals surface area (Å²) in [6.45, 7) is 57.2. The molecule has 1 aliphatic carbocycles. The summed E-state index contributed by atoms with van der Waals surface area (Å²) in [5, 5.41) is 15.4. The molecule has 0 spiro atoms. The first-order chi connectivity index (χ1) is 23.2. The zero-order valence-corrected chi connectivity index (χ0v) is 50.2. The van der Waals surface area contributed by atoms with E-state index in [1.54, 1.807) is 52.3 Å². The molecule has 0 saturated heterocycles. The standard InChI is InChI=1S/C45H75Si7.3ClH.Ti/c1-33-32-45(4,35(3)34(33)2)52(39-29-23-26-36(46(5,6)7)42(39)49(14,15)16,40-30-24-27-37(47(8,9)10)43(40)50(17,18)19)41-31-25-28-38(48(11,12)13)44(41)51(20,21)22;;;;/h23-31H,1-22H3;3*1H;/q-1;;;;+4/p-3. The maximum atomic E-state index is 4.46. The Hall–Kier alpha value is 0.242. The largest absolute Gasteiger partial charge is 4.00 e. The van der Waals surface area contributed by atoms with E-state index in [0.29, 0.717) is 0 Å². The predicted molar refractivity (Wildman–Crippen MR) is 261 cm³/mol. The Labute approximate surface area is 386 Å². The number of halogens is 3. The molecule has 56 heavy (non-hydrogen) atoms. The summed E-state index contributed by atoms with van der Waals surface area (Å²) in [4.78, 5) is 0. The summed E-state index contributed by atoms with van der Waals surface area (Å²) in [6, 6.07) is 23.3. The van der Waals surface area contributed by atoms with Crippen molar-refractivity contribution in [1.29, 1.82) is 0 Å². The van der Waals surface area contributed by atoms with E-state index in [1.165, 1.54) is 11.1 Å². The van der Waals surface area contributed by atoms with Crippen molar-refractivity contribution in [2.45, 2.75) is 151 Å². The van der Waals surface area contributed by atoms with Crippen LogP contribution in [0.5, 0.6) is 0 Å². The van der Waals surface area contributed by atoms with Crippen molar-refractivity contribution in [3.05, 3.63) is 77.4 Å². The summed E-state index contributed by atoms with van der Waals surface area (Å²) < 4.78 is 0. The van der Waals surface area contributed by atoms with Gasteiger partial charge in [0.05, 0.1) is 48.4 Å². The van der Waals surface area contributed by atoms with Crippen molar-refractivity contribution >= 4 is 103 Å². The van der Waals surface area contributed by atoms with Crippen LogP contribution in [0.1, 0.15) is 27.7 Å². The summed E-state index contributed by atoms with van der Waals surface area (Å²) in [5.74, 6) is 0. The summed E-state index contributed by atoms with van der Waals surface area (Å²) in [5.41, 5.74) is 4.37. The minimum absolute atomic E-state index is 0. The Morgan fingerprint density at radius 2 is 0.625 bits per heavy atom. The molecular weight excluding hydrogens is 891 g/mol. The molecule has 3 aromatic carbocycles. The summed E-state index contributed by atoms with van der Waals surface area (Å²) >= 11 is 0. The molecule has 0 amide bonds. The molecule has 308 valence electrons. The van der Waals surface area contributed by atoms with E-state index in [2.05, 4.69) is 206 Å². The molecule has 0 nitrogen and oxygen atoms in total. The first kappa shape index (κ1) is 56.2. The minimum atomic E-state index is -3.07. The van der Waals surface area contributed by atoms with E-state index in [4.69, 9.17) is 0 Å². The van der Waals surface area contributed by atoms with E-state index in [9.17, 15) is 0 Å². The Morgan fingerprint density at radius 1 is 0.393 bits per heavy atom. The van der Waals surface area contributed by atoms with Gasteiger partial charge in [-0.3, -0.25) is 6.08 Å². The Morgan fingerprint density at radius 3 is 0.804 bits per heavy atom. The predicted octanol–water partition coefficient (Wildman–Crippen LogP) is -0.703. The van der Waals surface area contributed by atoms with Crippen LogP contribution in [0, 0.1) is 6.08 Å². The van der Waals surface area contributed by atoms with E-state index < -0.39 is 56.5 Å². The van der Waals surface area contributed by atoms with Gasteiger partial charge in [0.2, 0.25) is 0 Å². The first-order valence-corrected chi connectivity index (χ1v) is 43.0. The van der Waals surface area contributed by atoms with Crippen LogP contribution in [0.25, 0.3) is 0 Å². The van der Waals surface area contributed by atoms with Crippen LogP contribution < -0.4 is 83.9 Å². The van der Waals surface area contributed by atoms with Gasteiger partial charge in [-0.2, -0.15) is 11.1 Å². The van der Waals surface area contributed by atoms with Crippen molar-refractivity contribution in [3.63, 3.8) is 0 Å². The van der Waals surface area contributed by atoms with Gasteiger partial charge < -0.3 is 37.2 Å². The molecule has 1 atom stereocenters. The van der Waals surface area contributed by atoms with Crippen LogP contribution in [0.3, 0.4) is 0 Å². The molecule has 0 heterocycles. The molecule has 0 saturated carbocycles. The van der Waals surface area contributed by atoms with Gasteiger partial charge in [0.15, 0.2) is 0 Å². The van der Waals surface area contributed by atoms with Gasteiger partial charge >= 0.3 is 21.7 Å². The fourth-order valence-electron chi connectivity index (χ4n) is 9.73. The number of rotatable bonds is 10. The van der Waals surface area contributed by atoms with Gasteiger partial charge in [0.1, 0.15) is 8.07 Å². The molecule has 1 aliphatic rings. The third kappa shape index (κ3) is 9.96. The van der Waals surface area contributed by atoms with Crippen LogP contribution in [-0.4, -0.2) is 56.5 Å². The molecule has 0 aromatic heterocycles. The van der Waals surface area contributed by atoms with Crippen LogP contribution in [0.15, 0.2) is 71.3 Å². The van der Waals surface area contributed by atoms with Crippen molar-refractivity contribution in [1.82, 2.24) is 0 Å². The number of hydrogen-bond donors (Lipinski definition) is 0. The SMILES string of the molecule is CC1=[C-]C(C)([Si](c2cccc([Si](C)(C)C)c2[Si](C)(C)C)(c2cccc([Si](C)(C)C)c2[Si](C)(C)C)c2cccc([Si](C)(C)C)c2[Si](C)(C)C)C(C)=C1C.[Cl-].[Cl-].[Cl-].[Ti+4]. The average molecular weight is 967 g/mol. The van der Waals surface area contributed by atoms with Gasteiger partial charge in [0, 0.05) is 0 Å². The molecule has 0 bridgehead atoms. The molecule has 4 rings (SSSR count). The van der Waals surface area contributed by atoms with Gasteiger partial charge in [-0.1, -0.05) is 245 Å². The fourth-order valence-corrected chi connectivity index (χ4v) is 37.9. The molecule has 3 aromatic rings. The van der Waals surface area contributed by atoms with Gasteiger partial charge in [-0.25, -0.2) is 5.57 Å². The molecule has 0 radical (unpaired) electrons. The normalized spacial score (nSPS) is 17.0.